The lowest BCUT2D eigenvalue weighted by Gasteiger charge is -2.23. The van der Waals surface area contributed by atoms with E-state index in [1.807, 2.05) is 0 Å². The average molecular weight is 256 g/mol. The van der Waals surface area contributed by atoms with Crippen molar-refractivity contribution in [2.24, 2.45) is 11.3 Å². The minimum atomic E-state index is -1.07. The Labute approximate surface area is 109 Å². The quantitative estimate of drug-likeness (QED) is 0.561. The summed E-state index contributed by atoms with van der Waals surface area (Å²) in [6.07, 6.45) is 1.47. The summed E-state index contributed by atoms with van der Waals surface area (Å²) < 4.78 is 4.99. The molecule has 0 aliphatic carbocycles. The van der Waals surface area contributed by atoms with Gasteiger partial charge in [0.05, 0.1) is 13.0 Å². The number of rotatable bonds is 7. The summed E-state index contributed by atoms with van der Waals surface area (Å²) in [7, 11) is 0. The number of carboxylic acid groups (broad SMARTS) is 1. The number of carbonyl (C=O) groups excluding carboxylic acids is 1. The molecule has 0 spiro atoms. The van der Waals surface area contributed by atoms with E-state index in [2.05, 4.69) is 34.3 Å². The smallest absolute Gasteiger partial charge is 0.333 e. The van der Waals surface area contributed by atoms with Gasteiger partial charge in [-0.05, 0) is 24.2 Å². The molecule has 0 aliphatic heterocycles. The van der Waals surface area contributed by atoms with Gasteiger partial charge < -0.3 is 9.84 Å². The Hall–Kier alpha value is -1.32. The van der Waals surface area contributed by atoms with Crippen molar-refractivity contribution in [1.82, 2.24) is 0 Å². The van der Waals surface area contributed by atoms with Gasteiger partial charge in [-0.15, -0.1) is 0 Å². The van der Waals surface area contributed by atoms with Gasteiger partial charge in [0, 0.05) is 5.57 Å². The van der Waals surface area contributed by atoms with Crippen molar-refractivity contribution in [3.8, 4) is 0 Å². The zero-order valence-corrected chi connectivity index (χ0v) is 11.8. The highest BCUT2D eigenvalue weighted by Crippen LogP contribution is 2.25. The van der Waals surface area contributed by atoms with E-state index in [0.717, 1.165) is 12.8 Å². The van der Waals surface area contributed by atoms with Crippen LogP contribution in [-0.2, 0) is 14.3 Å². The van der Waals surface area contributed by atoms with Crippen LogP contribution in [0.4, 0.5) is 0 Å². The number of aliphatic carboxylic acids is 1. The van der Waals surface area contributed by atoms with Crippen molar-refractivity contribution in [1.29, 1.82) is 0 Å². The van der Waals surface area contributed by atoms with Crippen molar-refractivity contribution >= 4 is 11.9 Å². The van der Waals surface area contributed by atoms with Crippen molar-refractivity contribution in [2.45, 2.75) is 47.0 Å². The van der Waals surface area contributed by atoms with Crippen molar-refractivity contribution in [3.63, 3.8) is 0 Å². The van der Waals surface area contributed by atoms with Crippen LogP contribution in [0.25, 0.3) is 0 Å². The van der Waals surface area contributed by atoms with Gasteiger partial charge >= 0.3 is 11.9 Å². The summed E-state index contributed by atoms with van der Waals surface area (Å²) >= 11 is 0. The van der Waals surface area contributed by atoms with Gasteiger partial charge in [0.1, 0.15) is 0 Å². The molecule has 0 fully saturated rings. The Kier molecular flexibility index (Phi) is 6.66. The van der Waals surface area contributed by atoms with Crippen LogP contribution in [0.1, 0.15) is 47.0 Å². The molecule has 1 atom stereocenters. The molecule has 104 valence electrons. The first kappa shape index (κ1) is 16.7. The fraction of sp³-hybridized carbons (Fsp3) is 0.714. The molecular weight excluding hydrogens is 232 g/mol. The molecule has 0 heterocycles. The van der Waals surface area contributed by atoms with Crippen LogP contribution in [0.5, 0.6) is 0 Å². The molecule has 0 aliphatic rings. The molecule has 4 heteroatoms. The normalized spacial score (nSPS) is 12.9. The summed E-state index contributed by atoms with van der Waals surface area (Å²) in [4.78, 5) is 21.7. The Morgan fingerprint density at radius 3 is 2.33 bits per heavy atom. The van der Waals surface area contributed by atoms with E-state index in [4.69, 9.17) is 9.84 Å². The second-order valence-electron chi connectivity index (χ2n) is 5.97. The van der Waals surface area contributed by atoms with E-state index in [1.165, 1.54) is 0 Å². The van der Waals surface area contributed by atoms with E-state index < -0.39 is 11.9 Å². The SMILES string of the molecule is C=C(CC(=O)O)C(=O)OCCC(C)CC(C)(C)C. The fourth-order valence-electron chi connectivity index (χ4n) is 1.86. The number of ether oxygens (including phenoxy) is 1. The second-order valence-corrected chi connectivity index (χ2v) is 5.97. The molecule has 0 saturated heterocycles. The molecule has 18 heavy (non-hydrogen) atoms. The highest BCUT2D eigenvalue weighted by molar-refractivity contribution is 5.92. The molecule has 4 nitrogen and oxygen atoms in total. The zero-order valence-electron chi connectivity index (χ0n) is 11.8. The maximum absolute atomic E-state index is 11.4. The minimum absolute atomic E-state index is 0.00836. The highest BCUT2D eigenvalue weighted by atomic mass is 16.5. The summed E-state index contributed by atoms with van der Waals surface area (Å²) in [6, 6.07) is 0. The summed E-state index contributed by atoms with van der Waals surface area (Å²) in [6.45, 7) is 12.3. The minimum Gasteiger partial charge on any atom is -0.481 e. The van der Waals surface area contributed by atoms with E-state index in [0.29, 0.717) is 12.5 Å². The molecule has 0 aromatic heterocycles. The zero-order chi connectivity index (χ0) is 14.3. The molecule has 0 saturated carbocycles. The fourth-order valence-corrected chi connectivity index (χ4v) is 1.86. The van der Waals surface area contributed by atoms with Crippen LogP contribution in [0.15, 0.2) is 12.2 Å². The van der Waals surface area contributed by atoms with Crippen LogP contribution in [0.3, 0.4) is 0 Å². The third-order valence-electron chi connectivity index (χ3n) is 2.46. The Morgan fingerprint density at radius 2 is 1.89 bits per heavy atom. The third-order valence-corrected chi connectivity index (χ3v) is 2.46. The molecular formula is C14H24O4. The van der Waals surface area contributed by atoms with E-state index in [1.54, 1.807) is 0 Å². The lowest BCUT2D eigenvalue weighted by atomic mass is 9.84. The summed E-state index contributed by atoms with van der Waals surface area (Å²) in [5, 5.41) is 8.51. The monoisotopic (exact) mass is 256 g/mol. The number of carboxylic acids is 1. The third kappa shape index (κ3) is 8.79. The summed E-state index contributed by atoms with van der Waals surface area (Å²) in [5.41, 5.74) is 0.252. The van der Waals surface area contributed by atoms with Gasteiger partial charge in [-0.3, -0.25) is 4.79 Å². The van der Waals surface area contributed by atoms with Crippen molar-refractivity contribution in [2.75, 3.05) is 6.61 Å². The molecule has 0 rings (SSSR count). The molecule has 1 N–H and O–H groups in total. The van der Waals surface area contributed by atoms with Gasteiger partial charge in [0.2, 0.25) is 0 Å². The van der Waals surface area contributed by atoms with E-state index in [9.17, 15) is 9.59 Å². The van der Waals surface area contributed by atoms with Crippen molar-refractivity contribution < 1.29 is 19.4 Å². The molecule has 0 aromatic rings. The van der Waals surface area contributed by atoms with Crippen LogP contribution in [0.2, 0.25) is 0 Å². The summed E-state index contributed by atoms with van der Waals surface area (Å²) in [5.74, 6) is -1.22. The number of carbonyl (C=O) groups is 2. The van der Waals surface area contributed by atoms with Crippen LogP contribution < -0.4 is 0 Å². The average Bonchev–Trinajstić information content (AvgIpc) is 2.13. The molecule has 0 aromatic carbocycles. The van der Waals surface area contributed by atoms with Crippen LogP contribution in [0, 0.1) is 11.3 Å². The predicted molar refractivity (Wildman–Crippen MR) is 70.2 cm³/mol. The van der Waals surface area contributed by atoms with Gasteiger partial charge in [-0.2, -0.15) is 0 Å². The standard InChI is InChI=1S/C14H24O4/c1-10(9-14(3,4)5)6-7-18-13(17)11(2)8-12(15)16/h10H,2,6-9H2,1,3-5H3,(H,15,16). The molecule has 0 radical (unpaired) electrons. The largest absolute Gasteiger partial charge is 0.481 e. The first-order valence-electron chi connectivity index (χ1n) is 6.18. The molecule has 0 amide bonds. The lowest BCUT2D eigenvalue weighted by Crippen LogP contribution is -2.15. The Bertz CT molecular complexity index is 312. The molecule has 1 unspecified atom stereocenters. The van der Waals surface area contributed by atoms with Crippen molar-refractivity contribution in [3.05, 3.63) is 12.2 Å². The maximum atomic E-state index is 11.4. The van der Waals surface area contributed by atoms with Crippen LogP contribution in [-0.4, -0.2) is 23.7 Å². The van der Waals surface area contributed by atoms with Crippen LogP contribution >= 0.6 is 0 Å². The Balaban J connectivity index is 3.87. The van der Waals surface area contributed by atoms with Gasteiger partial charge in [-0.1, -0.05) is 34.3 Å². The van der Waals surface area contributed by atoms with E-state index in [-0.39, 0.29) is 17.4 Å². The van der Waals surface area contributed by atoms with Gasteiger partial charge in [-0.25, -0.2) is 4.79 Å². The van der Waals surface area contributed by atoms with Gasteiger partial charge in [0.15, 0.2) is 0 Å². The maximum Gasteiger partial charge on any atom is 0.333 e. The first-order chi connectivity index (χ1) is 8.11. The first-order valence-corrected chi connectivity index (χ1v) is 6.18. The molecule has 0 bridgehead atoms. The predicted octanol–water partition coefficient (Wildman–Crippen LogP) is 3.02. The number of esters is 1. The number of hydrogen-bond donors (Lipinski definition) is 1. The van der Waals surface area contributed by atoms with Gasteiger partial charge in [0.25, 0.3) is 0 Å². The number of hydrogen-bond acceptors (Lipinski definition) is 3. The van der Waals surface area contributed by atoms with E-state index >= 15 is 0 Å². The Morgan fingerprint density at radius 1 is 1.33 bits per heavy atom. The topological polar surface area (TPSA) is 63.6 Å². The lowest BCUT2D eigenvalue weighted by molar-refractivity contribution is -0.143. The highest BCUT2D eigenvalue weighted by Gasteiger charge is 2.16. The second kappa shape index (κ2) is 7.19.